The van der Waals surface area contributed by atoms with E-state index in [9.17, 15) is 14.7 Å². The Bertz CT molecular complexity index is 1370. The second-order valence-electron chi connectivity index (χ2n) is 8.29. The number of halogens is 1. The van der Waals surface area contributed by atoms with E-state index in [0.29, 0.717) is 51.0 Å². The number of amides is 1. The van der Waals surface area contributed by atoms with Gasteiger partial charge >= 0.3 is 0 Å². The lowest BCUT2D eigenvalue weighted by molar-refractivity contribution is -0.124. The van der Waals surface area contributed by atoms with Gasteiger partial charge in [-0.25, -0.2) is 0 Å². The summed E-state index contributed by atoms with van der Waals surface area (Å²) in [6, 6.07) is 14.4. The third-order valence-electron chi connectivity index (χ3n) is 6.19. The molecule has 2 heterocycles. The fraction of sp³-hybridized carbons (Fsp3) is 0.292. The number of benzene rings is 2. The lowest BCUT2D eigenvalue weighted by atomic mass is 9.85. The number of aromatic nitrogens is 2. The number of hydrogen-bond acceptors (Lipinski definition) is 5. The van der Waals surface area contributed by atoms with Crippen molar-refractivity contribution in [1.29, 1.82) is 0 Å². The van der Waals surface area contributed by atoms with E-state index in [2.05, 4.69) is 10.5 Å². The molecule has 32 heavy (non-hydrogen) atoms. The molecule has 1 aliphatic carbocycles. The molecule has 7 nitrogen and oxygen atoms in total. The topological polar surface area (TPSA) is 97.4 Å². The minimum atomic E-state index is -0.847. The van der Waals surface area contributed by atoms with E-state index in [1.807, 2.05) is 30.3 Å². The summed E-state index contributed by atoms with van der Waals surface area (Å²) in [4.78, 5) is 25.7. The fourth-order valence-corrected chi connectivity index (χ4v) is 4.77. The van der Waals surface area contributed by atoms with Gasteiger partial charge in [0, 0.05) is 17.5 Å². The zero-order valence-electron chi connectivity index (χ0n) is 17.4. The molecule has 1 atom stereocenters. The van der Waals surface area contributed by atoms with Crippen molar-refractivity contribution in [2.24, 2.45) is 0 Å². The zero-order valence-corrected chi connectivity index (χ0v) is 18.2. The highest BCUT2D eigenvalue weighted by Gasteiger charge is 2.34. The molecule has 1 aliphatic rings. The van der Waals surface area contributed by atoms with Gasteiger partial charge in [0.15, 0.2) is 0 Å². The molecule has 2 aromatic carbocycles. The summed E-state index contributed by atoms with van der Waals surface area (Å²) in [7, 11) is 0. The summed E-state index contributed by atoms with van der Waals surface area (Å²) >= 11 is 6.45. The standard InChI is InChI=1S/C24H22ClN3O4/c1-13-21-23(27-32-13)22-17(25)8-5-9-18(22)28(24(21)31)16-10-15(11-16)26-20(30)12-19(29)14-6-3-2-4-7-14/h2-9,15-16,19,29H,10-12H2,1H3,(H,26,30). The Kier molecular flexibility index (Phi) is 5.23. The minimum absolute atomic E-state index is 0.00445. The highest BCUT2D eigenvalue weighted by atomic mass is 35.5. The predicted molar refractivity (Wildman–Crippen MR) is 122 cm³/mol. The van der Waals surface area contributed by atoms with Gasteiger partial charge < -0.3 is 19.5 Å². The maximum atomic E-state index is 13.3. The molecule has 0 bridgehead atoms. The van der Waals surface area contributed by atoms with Gasteiger partial charge in [-0.1, -0.05) is 53.2 Å². The van der Waals surface area contributed by atoms with Gasteiger partial charge in [-0.2, -0.15) is 0 Å². The van der Waals surface area contributed by atoms with Gasteiger partial charge in [-0.05, 0) is 37.5 Å². The molecular weight excluding hydrogens is 430 g/mol. The van der Waals surface area contributed by atoms with E-state index in [1.165, 1.54) is 0 Å². The predicted octanol–water partition coefficient (Wildman–Crippen LogP) is 4.05. The minimum Gasteiger partial charge on any atom is -0.388 e. The summed E-state index contributed by atoms with van der Waals surface area (Å²) in [5.41, 5.74) is 1.73. The molecule has 8 heteroatoms. The number of rotatable bonds is 5. The van der Waals surface area contributed by atoms with E-state index in [-0.39, 0.29) is 30.0 Å². The molecule has 1 amide bonds. The van der Waals surface area contributed by atoms with Crippen LogP contribution in [-0.4, -0.2) is 26.8 Å². The van der Waals surface area contributed by atoms with Crippen LogP contribution in [0.4, 0.5) is 0 Å². The molecule has 1 saturated carbocycles. The summed E-state index contributed by atoms with van der Waals surface area (Å²) in [6.07, 6.45) is 0.379. The molecule has 0 saturated heterocycles. The summed E-state index contributed by atoms with van der Waals surface area (Å²) in [6.45, 7) is 1.71. The highest BCUT2D eigenvalue weighted by molar-refractivity contribution is 6.37. The maximum Gasteiger partial charge on any atom is 0.264 e. The molecule has 2 N–H and O–H groups in total. The largest absolute Gasteiger partial charge is 0.388 e. The average Bonchev–Trinajstić information content (AvgIpc) is 3.14. The number of hydrogen-bond donors (Lipinski definition) is 2. The molecular formula is C24H22ClN3O4. The molecule has 1 fully saturated rings. The molecule has 164 valence electrons. The molecule has 4 aromatic rings. The Morgan fingerprint density at radius 2 is 1.97 bits per heavy atom. The Morgan fingerprint density at radius 3 is 2.72 bits per heavy atom. The first kappa shape index (κ1) is 20.7. The van der Waals surface area contributed by atoms with Crippen LogP contribution < -0.4 is 10.9 Å². The number of nitrogens with one attached hydrogen (secondary N) is 1. The number of aryl methyl sites for hydroxylation is 1. The van der Waals surface area contributed by atoms with Crippen molar-refractivity contribution in [2.45, 2.75) is 44.4 Å². The van der Waals surface area contributed by atoms with Crippen molar-refractivity contribution >= 4 is 39.3 Å². The Labute approximate surface area is 188 Å². The van der Waals surface area contributed by atoms with Gasteiger partial charge in [0.1, 0.15) is 16.7 Å². The lowest BCUT2D eigenvalue weighted by Gasteiger charge is -2.37. The normalized spacial score (nSPS) is 19.1. The first-order valence-corrected chi connectivity index (χ1v) is 10.9. The number of aliphatic hydroxyl groups is 1. The maximum absolute atomic E-state index is 13.3. The van der Waals surface area contributed by atoms with Crippen LogP contribution in [0.25, 0.3) is 21.8 Å². The van der Waals surface area contributed by atoms with Crippen LogP contribution in [-0.2, 0) is 4.79 Å². The molecule has 0 aliphatic heterocycles. The molecule has 0 spiro atoms. The van der Waals surface area contributed by atoms with Crippen LogP contribution in [0.15, 0.2) is 57.8 Å². The molecule has 5 rings (SSSR count). The second kappa shape index (κ2) is 8.07. The third-order valence-corrected chi connectivity index (χ3v) is 6.50. The smallest absolute Gasteiger partial charge is 0.264 e. The van der Waals surface area contributed by atoms with Gasteiger partial charge in [0.25, 0.3) is 5.56 Å². The van der Waals surface area contributed by atoms with Crippen LogP contribution in [0, 0.1) is 6.92 Å². The van der Waals surface area contributed by atoms with Crippen LogP contribution in [0.3, 0.4) is 0 Å². The van der Waals surface area contributed by atoms with E-state index in [4.69, 9.17) is 16.1 Å². The van der Waals surface area contributed by atoms with Crippen molar-refractivity contribution in [1.82, 2.24) is 15.0 Å². The van der Waals surface area contributed by atoms with Crippen molar-refractivity contribution in [2.75, 3.05) is 0 Å². The van der Waals surface area contributed by atoms with E-state index >= 15 is 0 Å². The summed E-state index contributed by atoms with van der Waals surface area (Å²) < 4.78 is 7.04. The van der Waals surface area contributed by atoms with Crippen molar-refractivity contribution in [3.63, 3.8) is 0 Å². The fourth-order valence-electron chi connectivity index (χ4n) is 4.51. The number of aliphatic hydroxyl groups excluding tert-OH is 1. The van der Waals surface area contributed by atoms with E-state index in [0.717, 1.165) is 0 Å². The quantitative estimate of drug-likeness (QED) is 0.477. The first-order chi connectivity index (χ1) is 15.4. The first-order valence-electron chi connectivity index (χ1n) is 10.5. The van der Waals surface area contributed by atoms with Crippen molar-refractivity contribution < 1.29 is 14.4 Å². The summed E-state index contributed by atoms with van der Waals surface area (Å²) in [5.74, 6) is 0.245. The number of carbonyl (C=O) groups excluding carboxylic acids is 1. The Morgan fingerprint density at radius 1 is 1.22 bits per heavy atom. The van der Waals surface area contributed by atoms with Gasteiger partial charge in [-0.15, -0.1) is 0 Å². The van der Waals surface area contributed by atoms with Crippen LogP contribution in [0.2, 0.25) is 5.02 Å². The zero-order chi connectivity index (χ0) is 22.4. The van der Waals surface area contributed by atoms with E-state index in [1.54, 1.807) is 29.7 Å². The third kappa shape index (κ3) is 3.47. The van der Waals surface area contributed by atoms with E-state index < -0.39 is 6.10 Å². The number of fused-ring (bicyclic) bond motifs is 3. The monoisotopic (exact) mass is 451 g/mol. The molecule has 1 unspecified atom stereocenters. The van der Waals surface area contributed by atoms with Crippen LogP contribution in [0.1, 0.15) is 42.7 Å². The number of nitrogens with zero attached hydrogens (tertiary/aromatic N) is 2. The molecule has 0 radical (unpaired) electrons. The van der Waals surface area contributed by atoms with Crippen molar-refractivity contribution in [3.05, 3.63) is 75.2 Å². The average molecular weight is 452 g/mol. The Hall–Kier alpha value is -3.16. The SMILES string of the molecule is Cc1onc2c1c(=O)n(C1CC(NC(=O)CC(O)c3ccccc3)C1)c1cccc(Cl)c21. The summed E-state index contributed by atoms with van der Waals surface area (Å²) in [5, 5.41) is 18.9. The second-order valence-corrected chi connectivity index (χ2v) is 8.70. The molecule has 2 aromatic heterocycles. The van der Waals surface area contributed by atoms with Crippen LogP contribution >= 0.6 is 11.6 Å². The van der Waals surface area contributed by atoms with Gasteiger partial charge in [-0.3, -0.25) is 9.59 Å². The van der Waals surface area contributed by atoms with Gasteiger partial charge in [0.2, 0.25) is 5.91 Å². The Balaban J connectivity index is 1.35. The van der Waals surface area contributed by atoms with Crippen LogP contribution in [0.5, 0.6) is 0 Å². The van der Waals surface area contributed by atoms with Gasteiger partial charge in [0.05, 0.1) is 23.1 Å². The number of carbonyl (C=O) groups is 1. The number of pyridine rings is 1. The lowest BCUT2D eigenvalue weighted by Crippen LogP contribution is -2.47. The van der Waals surface area contributed by atoms with Crippen molar-refractivity contribution in [3.8, 4) is 0 Å². The highest BCUT2D eigenvalue weighted by Crippen LogP contribution is 2.37.